The summed E-state index contributed by atoms with van der Waals surface area (Å²) in [5.74, 6) is 0.123. The summed E-state index contributed by atoms with van der Waals surface area (Å²) in [7, 11) is 0. The minimum atomic E-state index is -0.0434. The van der Waals surface area contributed by atoms with E-state index in [4.69, 9.17) is 0 Å². The van der Waals surface area contributed by atoms with Gasteiger partial charge < -0.3 is 10.2 Å². The molecule has 1 saturated heterocycles. The van der Waals surface area contributed by atoms with Crippen molar-refractivity contribution in [3.05, 3.63) is 36.4 Å². The lowest BCUT2D eigenvalue weighted by Crippen LogP contribution is -2.34. The van der Waals surface area contributed by atoms with Crippen LogP contribution in [0, 0.1) is 0 Å². The number of anilines is 2. The predicted molar refractivity (Wildman–Crippen MR) is 93.6 cm³/mol. The highest BCUT2D eigenvalue weighted by atomic mass is 16.2. The summed E-state index contributed by atoms with van der Waals surface area (Å²) in [6.45, 7) is 10.5. The van der Waals surface area contributed by atoms with Crippen molar-refractivity contribution in [2.45, 2.75) is 26.7 Å². The summed E-state index contributed by atoms with van der Waals surface area (Å²) in [4.78, 5) is 27.7. The SMILES string of the molecule is C=C(C)CN(CC)CC(=O)Nc1ccc(N2CCCC2=O)cc1. The molecule has 1 heterocycles. The number of benzene rings is 1. The van der Waals surface area contributed by atoms with Gasteiger partial charge in [0.2, 0.25) is 11.8 Å². The van der Waals surface area contributed by atoms with Crippen molar-refractivity contribution in [3.8, 4) is 0 Å². The van der Waals surface area contributed by atoms with Gasteiger partial charge in [0.25, 0.3) is 0 Å². The average Bonchev–Trinajstić information content (AvgIpc) is 2.93. The highest BCUT2D eigenvalue weighted by Crippen LogP contribution is 2.22. The van der Waals surface area contributed by atoms with E-state index in [0.29, 0.717) is 13.0 Å². The molecule has 2 rings (SSSR count). The molecule has 1 aromatic rings. The van der Waals surface area contributed by atoms with E-state index in [1.807, 2.05) is 43.0 Å². The third-order valence-electron chi connectivity index (χ3n) is 3.84. The van der Waals surface area contributed by atoms with Crippen LogP contribution in [0.4, 0.5) is 11.4 Å². The number of nitrogens with one attached hydrogen (secondary N) is 1. The van der Waals surface area contributed by atoms with Crippen LogP contribution in [0.1, 0.15) is 26.7 Å². The smallest absolute Gasteiger partial charge is 0.238 e. The molecule has 23 heavy (non-hydrogen) atoms. The zero-order valence-electron chi connectivity index (χ0n) is 14.0. The van der Waals surface area contributed by atoms with Gasteiger partial charge in [-0.3, -0.25) is 14.5 Å². The number of carbonyl (C=O) groups excluding carboxylic acids is 2. The molecule has 0 spiro atoms. The maximum atomic E-state index is 12.1. The zero-order chi connectivity index (χ0) is 16.8. The first-order chi connectivity index (χ1) is 11.0. The Morgan fingerprint density at radius 1 is 1.30 bits per heavy atom. The van der Waals surface area contributed by atoms with Crippen LogP contribution in [0.5, 0.6) is 0 Å². The minimum Gasteiger partial charge on any atom is -0.325 e. The van der Waals surface area contributed by atoms with Crippen LogP contribution in [-0.4, -0.2) is 42.9 Å². The number of hydrogen-bond acceptors (Lipinski definition) is 3. The fourth-order valence-corrected chi connectivity index (χ4v) is 2.71. The predicted octanol–water partition coefficient (Wildman–Crippen LogP) is 2.65. The summed E-state index contributed by atoms with van der Waals surface area (Å²) in [6.07, 6.45) is 1.53. The fourth-order valence-electron chi connectivity index (χ4n) is 2.71. The minimum absolute atomic E-state index is 0.0434. The molecule has 0 aromatic heterocycles. The van der Waals surface area contributed by atoms with Crippen LogP contribution in [0.15, 0.2) is 36.4 Å². The molecule has 0 radical (unpaired) electrons. The third-order valence-corrected chi connectivity index (χ3v) is 3.84. The molecule has 0 unspecified atom stereocenters. The van der Waals surface area contributed by atoms with E-state index in [9.17, 15) is 9.59 Å². The largest absolute Gasteiger partial charge is 0.325 e. The Balaban J connectivity index is 1.91. The van der Waals surface area contributed by atoms with Gasteiger partial charge in [-0.2, -0.15) is 0 Å². The summed E-state index contributed by atoms with van der Waals surface area (Å²) < 4.78 is 0. The van der Waals surface area contributed by atoms with E-state index >= 15 is 0 Å². The average molecular weight is 315 g/mol. The van der Waals surface area contributed by atoms with Crippen LogP contribution in [0.3, 0.4) is 0 Å². The van der Waals surface area contributed by atoms with Crippen LogP contribution < -0.4 is 10.2 Å². The zero-order valence-corrected chi connectivity index (χ0v) is 14.0. The maximum Gasteiger partial charge on any atom is 0.238 e. The number of hydrogen-bond donors (Lipinski definition) is 1. The van der Waals surface area contributed by atoms with Crippen LogP contribution in [0.25, 0.3) is 0 Å². The molecule has 124 valence electrons. The highest BCUT2D eigenvalue weighted by molar-refractivity contribution is 5.96. The van der Waals surface area contributed by atoms with Gasteiger partial charge in [0, 0.05) is 30.9 Å². The molecule has 1 fully saturated rings. The lowest BCUT2D eigenvalue weighted by Gasteiger charge is -2.20. The van der Waals surface area contributed by atoms with Crippen molar-refractivity contribution in [2.75, 3.05) is 36.4 Å². The van der Waals surface area contributed by atoms with E-state index in [2.05, 4.69) is 11.9 Å². The number of nitrogens with zero attached hydrogens (tertiary/aromatic N) is 2. The van der Waals surface area contributed by atoms with Gasteiger partial charge in [0.05, 0.1) is 6.54 Å². The van der Waals surface area contributed by atoms with Gasteiger partial charge in [-0.05, 0) is 44.2 Å². The van der Waals surface area contributed by atoms with Crippen LogP contribution in [0.2, 0.25) is 0 Å². The topological polar surface area (TPSA) is 52.7 Å². The van der Waals surface area contributed by atoms with Gasteiger partial charge in [0.1, 0.15) is 0 Å². The third kappa shape index (κ3) is 4.93. The molecule has 0 aliphatic carbocycles. The molecular formula is C18H25N3O2. The first-order valence-electron chi connectivity index (χ1n) is 8.06. The molecule has 1 aliphatic heterocycles. The van der Waals surface area contributed by atoms with Crippen molar-refractivity contribution in [1.82, 2.24) is 4.90 Å². The van der Waals surface area contributed by atoms with Crippen molar-refractivity contribution < 1.29 is 9.59 Å². The van der Waals surface area contributed by atoms with E-state index in [0.717, 1.165) is 43.0 Å². The molecule has 0 atom stereocenters. The fraction of sp³-hybridized carbons (Fsp3) is 0.444. The van der Waals surface area contributed by atoms with E-state index in [1.54, 1.807) is 4.90 Å². The number of rotatable bonds is 7. The van der Waals surface area contributed by atoms with Crippen molar-refractivity contribution in [3.63, 3.8) is 0 Å². The van der Waals surface area contributed by atoms with Crippen LogP contribution >= 0.6 is 0 Å². The Morgan fingerprint density at radius 3 is 2.52 bits per heavy atom. The molecule has 2 amide bonds. The molecule has 0 saturated carbocycles. The molecule has 5 heteroatoms. The maximum absolute atomic E-state index is 12.1. The Bertz CT molecular complexity index is 580. The molecule has 5 nitrogen and oxygen atoms in total. The molecule has 1 aromatic carbocycles. The molecule has 0 bridgehead atoms. The van der Waals surface area contributed by atoms with Gasteiger partial charge in [-0.1, -0.05) is 19.1 Å². The standard InChI is InChI=1S/C18H25N3O2/c1-4-20(12-14(2)3)13-17(22)19-15-7-9-16(10-8-15)21-11-5-6-18(21)23/h7-10H,2,4-6,11-13H2,1,3H3,(H,19,22). The van der Waals surface area contributed by atoms with Gasteiger partial charge in [-0.25, -0.2) is 0 Å². The second-order valence-electron chi connectivity index (χ2n) is 6.00. The van der Waals surface area contributed by atoms with E-state index in [1.165, 1.54) is 0 Å². The number of carbonyl (C=O) groups is 2. The van der Waals surface area contributed by atoms with Gasteiger partial charge >= 0.3 is 0 Å². The summed E-state index contributed by atoms with van der Waals surface area (Å²) in [5.41, 5.74) is 2.68. The van der Waals surface area contributed by atoms with Crippen molar-refractivity contribution >= 4 is 23.2 Å². The first kappa shape index (κ1) is 17.2. The van der Waals surface area contributed by atoms with Crippen molar-refractivity contribution in [2.24, 2.45) is 0 Å². The Kier molecular flexibility index (Phi) is 5.93. The Morgan fingerprint density at radius 2 is 2.00 bits per heavy atom. The molecule has 1 N–H and O–H groups in total. The highest BCUT2D eigenvalue weighted by Gasteiger charge is 2.21. The number of likely N-dealkylation sites (N-methyl/N-ethyl adjacent to an activating group) is 1. The lowest BCUT2D eigenvalue weighted by molar-refractivity contribution is -0.118. The number of amides is 2. The summed E-state index contributed by atoms with van der Waals surface area (Å²) in [6, 6.07) is 7.44. The molecular weight excluding hydrogens is 290 g/mol. The molecule has 1 aliphatic rings. The Labute approximate surface area is 138 Å². The van der Waals surface area contributed by atoms with E-state index < -0.39 is 0 Å². The second kappa shape index (κ2) is 7.92. The van der Waals surface area contributed by atoms with Crippen molar-refractivity contribution in [1.29, 1.82) is 0 Å². The normalized spacial score (nSPS) is 14.4. The van der Waals surface area contributed by atoms with Gasteiger partial charge in [-0.15, -0.1) is 0 Å². The Hall–Kier alpha value is -2.14. The second-order valence-corrected chi connectivity index (χ2v) is 6.00. The van der Waals surface area contributed by atoms with Crippen LogP contribution in [-0.2, 0) is 9.59 Å². The monoisotopic (exact) mass is 315 g/mol. The quantitative estimate of drug-likeness (QED) is 0.787. The summed E-state index contributed by atoms with van der Waals surface area (Å²) in [5, 5.41) is 2.90. The first-order valence-corrected chi connectivity index (χ1v) is 8.06. The summed E-state index contributed by atoms with van der Waals surface area (Å²) >= 11 is 0. The van der Waals surface area contributed by atoms with Gasteiger partial charge in [0.15, 0.2) is 0 Å². The lowest BCUT2D eigenvalue weighted by atomic mass is 10.2. The van der Waals surface area contributed by atoms with E-state index in [-0.39, 0.29) is 11.8 Å².